The van der Waals surface area contributed by atoms with Crippen molar-refractivity contribution in [3.05, 3.63) is 59.7 Å². The topological polar surface area (TPSA) is 97.0 Å². The number of nitrogens with one attached hydrogen (secondary N) is 2. The Bertz CT molecular complexity index is 945. The van der Waals surface area contributed by atoms with E-state index < -0.39 is 0 Å². The number of benzene rings is 2. The average molecular weight is 440 g/mol. The Morgan fingerprint density at radius 1 is 1.09 bits per heavy atom. The molecule has 0 radical (unpaired) electrons. The van der Waals surface area contributed by atoms with E-state index in [1.807, 2.05) is 29.2 Å². The summed E-state index contributed by atoms with van der Waals surface area (Å²) in [7, 11) is 3.07. The maximum atomic E-state index is 12.7. The molecule has 1 fully saturated rings. The summed E-state index contributed by atoms with van der Waals surface area (Å²) in [5.41, 5.74) is 2.10. The summed E-state index contributed by atoms with van der Waals surface area (Å²) in [6.07, 6.45) is 1.68. The number of nitrogens with zero attached hydrogens (tertiary/aromatic N) is 1. The first-order valence-corrected chi connectivity index (χ1v) is 10.6. The van der Waals surface area contributed by atoms with Gasteiger partial charge in [-0.25, -0.2) is 0 Å². The lowest BCUT2D eigenvalue weighted by Gasteiger charge is -2.21. The predicted octanol–water partition coefficient (Wildman–Crippen LogP) is 2.59. The lowest BCUT2D eigenvalue weighted by molar-refractivity contribution is -0.131. The van der Waals surface area contributed by atoms with Crippen molar-refractivity contribution in [2.24, 2.45) is 0 Å². The SMILES string of the molecule is COCC(=O)Nc1ccc(C(=O)NC2CCC(=O)N(Cc3cccc(OC)c3)CC2)cc1. The van der Waals surface area contributed by atoms with Gasteiger partial charge < -0.3 is 25.0 Å². The molecule has 8 heteroatoms. The van der Waals surface area contributed by atoms with Crippen molar-refractivity contribution in [1.82, 2.24) is 10.2 Å². The second-order valence-corrected chi connectivity index (χ2v) is 7.72. The second kappa shape index (κ2) is 11.3. The van der Waals surface area contributed by atoms with Crippen LogP contribution in [0.5, 0.6) is 5.75 Å². The average Bonchev–Trinajstić information content (AvgIpc) is 2.96. The Labute approximate surface area is 187 Å². The monoisotopic (exact) mass is 439 g/mol. The van der Waals surface area contributed by atoms with Gasteiger partial charge in [-0.05, 0) is 54.8 Å². The van der Waals surface area contributed by atoms with Gasteiger partial charge in [-0.3, -0.25) is 14.4 Å². The second-order valence-electron chi connectivity index (χ2n) is 7.72. The largest absolute Gasteiger partial charge is 0.497 e. The molecule has 2 N–H and O–H groups in total. The molecular formula is C24H29N3O5. The Balaban J connectivity index is 1.54. The van der Waals surface area contributed by atoms with Gasteiger partial charge >= 0.3 is 0 Å². The van der Waals surface area contributed by atoms with Crippen LogP contribution in [0.3, 0.4) is 0 Å². The summed E-state index contributed by atoms with van der Waals surface area (Å²) in [5, 5.41) is 5.72. The van der Waals surface area contributed by atoms with Crippen LogP contribution in [0.15, 0.2) is 48.5 Å². The van der Waals surface area contributed by atoms with Crippen LogP contribution in [-0.2, 0) is 20.9 Å². The molecular weight excluding hydrogens is 410 g/mol. The third kappa shape index (κ3) is 6.55. The van der Waals surface area contributed by atoms with Gasteiger partial charge in [0.15, 0.2) is 0 Å². The molecule has 1 saturated heterocycles. The molecule has 1 aliphatic heterocycles. The lowest BCUT2D eigenvalue weighted by atomic mass is 10.1. The van der Waals surface area contributed by atoms with Gasteiger partial charge in [0.2, 0.25) is 11.8 Å². The Morgan fingerprint density at radius 3 is 2.59 bits per heavy atom. The number of carbonyl (C=O) groups is 3. The molecule has 0 aliphatic carbocycles. The van der Waals surface area contributed by atoms with Crippen LogP contribution >= 0.6 is 0 Å². The summed E-state index contributed by atoms with van der Waals surface area (Å²) in [4.78, 5) is 38.6. The fourth-order valence-corrected chi connectivity index (χ4v) is 3.64. The summed E-state index contributed by atoms with van der Waals surface area (Å²) in [6.45, 7) is 1.07. The zero-order chi connectivity index (χ0) is 22.9. The van der Waals surface area contributed by atoms with E-state index in [9.17, 15) is 14.4 Å². The van der Waals surface area contributed by atoms with Crippen molar-refractivity contribution in [2.75, 3.05) is 32.7 Å². The molecule has 32 heavy (non-hydrogen) atoms. The van der Waals surface area contributed by atoms with E-state index >= 15 is 0 Å². The molecule has 0 aromatic heterocycles. The molecule has 170 valence electrons. The van der Waals surface area contributed by atoms with Crippen molar-refractivity contribution in [1.29, 1.82) is 0 Å². The summed E-state index contributed by atoms with van der Waals surface area (Å²) in [6, 6.07) is 14.3. The lowest BCUT2D eigenvalue weighted by Crippen LogP contribution is -2.35. The maximum absolute atomic E-state index is 12.7. The molecule has 1 unspecified atom stereocenters. The minimum Gasteiger partial charge on any atom is -0.497 e. The molecule has 1 heterocycles. The summed E-state index contributed by atoms with van der Waals surface area (Å²) in [5.74, 6) is 0.393. The first kappa shape index (κ1) is 23.3. The molecule has 0 saturated carbocycles. The van der Waals surface area contributed by atoms with Crippen LogP contribution in [0.25, 0.3) is 0 Å². The molecule has 2 aromatic rings. The highest BCUT2D eigenvalue weighted by Crippen LogP contribution is 2.19. The van der Waals surface area contributed by atoms with Crippen molar-refractivity contribution < 1.29 is 23.9 Å². The molecule has 8 nitrogen and oxygen atoms in total. The highest BCUT2D eigenvalue weighted by Gasteiger charge is 2.24. The quantitative estimate of drug-likeness (QED) is 0.659. The standard InChI is InChI=1S/C24H29N3O5/c1-31-16-22(28)25-19-8-6-18(7-9-19)24(30)26-20-10-11-23(29)27(13-12-20)15-17-4-3-5-21(14-17)32-2/h3-9,14,20H,10-13,15-16H2,1-2H3,(H,25,28)(H,26,30). The molecule has 0 bridgehead atoms. The van der Waals surface area contributed by atoms with E-state index in [0.717, 1.165) is 11.3 Å². The Morgan fingerprint density at radius 2 is 1.88 bits per heavy atom. The van der Waals surface area contributed by atoms with Gasteiger partial charge in [0.05, 0.1) is 7.11 Å². The van der Waals surface area contributed by atoms with E-state index in [-0.39, 0.29) is 30.4 Å². The van der Waals surface area contributed by atoms with E-state index in [4.69, 9.17) is 9.47 Å². The molecule has 3 rings (SSSR count). The van der Waals surface area contributed by atoms with Crippen molar-refractivity contribution in [2.45, 2.75) is 31.8 Å². The van der Waals surface area contributed by atoms with Crippen LogP contribution in [0.2, 0.25) is 0 Å². The van der Waals surface area contributed by atoms with Gasteiger partial charge in [-0.15, -0.1) is 0 Å². The third-order valence-electron chi connectivity index (χ3n) is 5.36. The smallest absolute Gasteiger partial charge is 0.251 e. The van der Waals surface area contributed by atoms with E-state index in [1.54, 1.807) is 31.4 Å². The van der Waals surface area contributed by atoms with Crippen LogP contribution in [-0.4, -0.2) is 56.0 Å². The van der Waals surface area contributed by atoms with Crippen molar-refractivity contribution in [3.8, 4) is 5.75 Å². The fraction of sp³-hybridized carbons (Fsp3) is 0.375. The normalized spacial score (nSPS) is 16.2. The zero-order valence-corrected chi connectivity index (χ0v) is 18.4. The Hall–Kier alpha value is -3.39. The molecule has 2 aromatic carbocycles. The Kier molecular flexibility index (Phi) is 8.21. The first-order chi connectivity index (χ1) is 15.5. The van der Waals surface area contributed by atoms with Crippen LogP contribution < -0.4 is 15.4 Å². The van der Waals surface area contributed by atoms with Gasteiger partial charge in [-0.1, -0.05) is 12.1 Å². The molecule has 1 atom stereocenters. The zero-order valence-electron chi connectivity index (χ0n) is 18.4. The molecule has 1 aliphatic rings. The number of rotatable bonds is 8. The molecule has 0 spiro atoms. The van der Waals surface area contributed by atoms with Gasteiger partial charge in [-0.2, -0.15) is 0 Å². The van der Waals surface area contributed by atoms with E-state index in [1.165, 1.54) is 7.11 Å². The number of ether oxygens (including phenoxy) is 2. The third-order valence-corrected chi connectivity index (χ3v) is 5.36. The highest BCUT2D eigenvalue weighted by atomic mass is 16.5. The van der Waals surface area contributed by atoms with Crippen molar-refractivity contribution in [3.63, 3.8) is 0 Å². The van der Waals surface area contributed by atoms with Crippen LogP contribution in [0.1, 0.15) is 35.2 Å². The van der Waals surface area contributed by atoms with Gasteiger partial charge in [0.25, 0.3) is 5.91 Å². The predicted molar refractivity (Wildman–Crippen MR) is 120 cm³/mol. The number of methoxy groups -OCH3 is 2. The van der Waals surface area contributed by atoms with Gasteiger partial charge in [0.1, 0.15) is 12.4 Å². The highest BCUT2D eigenvalue weighted by molar-refractivity contribution is 5.96. The molecule has 3 amide bonds. The summed E-state index contributed by atoms with van der Waals surface area (Å²) >= 11 is 0. The number of carbonyl (C=O) groups excluding carboxylic acids is 3. The minimum absolute atomic E-state index is 0.0303. The van der Waals surface area contributed by atoms with Crippen molar-refractivity contribution >= 4 is 23.4 Å². The minimum atomic E-state index is -0.258. The summed E-state index contributed by atoms with van der Waals surface area (Å²) < 4.78 is 10.0. The number of anilines is 1. The number of likely N-dealkylation sites (tertiary alicyclic amines) is 1. The first-order valence-electron chi connectivity index (χ1n) is 10.6. The fourth-order valence-electron chi connectivity index (χ4n) is 3.64. The number of hydrogen-bond donors (Lipinski definition) is 2. The number of hydrogen-bond acceptors (Lipinski definition) is 5. The number of amides is 3. The van der Waals surface area contributed by atoms with E-state index in [0.29, 0.717) is 43.6 Å². The van der Waals surface area contributed by atoms with Crippen LogP contribution in [0, 0.1) is 0 Å². The van der Waals surface area contributed by atoms with Gasteiger partial charge in [0, 0.05) is 43.9 Å². The van der Waals surface area contributed by atoms with E-state index in [2.05, 4.69) is 10.6 Å². The maximum Gasteiger partial charge on any atom is 0.251 e. The van der Waals surface area contributed by atoms with Crippen LogP contribution in [0.4, 0.5) is 5.69 Å².